The van der Waals surface area contributed by atoms with Gasteiger partial charge in [-0.05, 0) is 109 Å². The molecule has 6 nitrogen and oxygen atoms in total. The van der Waals surface area contributed by atoms with E-state index in [1.54, 1.807) is 0 Å². The van der Waals surface area contributed by atoms with Crippen LogP contribution in [0.5, 0.6) is 0 Å². The molecule has 0 spiro atoms. The number of unbranched alkanes of at least 4 members (excludes halogenated alkanes) is 22. The maximum atomic E-state index is 12.9. The van der Waals surface area contributed by atoms with Crippen LogP contribution in [0.1, 0.15) is 265 Å². The Morgan fingerprint density at radius 3 is 0.836 bits per heavy atom. The van der Waals surface area contributed by atoms with Crippen LogP contribution < -0.4 is 0 Å². The number of hydrogen-bond acceptors (Lipinski definition) is 6. The van der Waals surface area contributed by atoms with Gasteiger partial charge in [0.2, 0.25) is 0 Å². The molecule has 0 N–H and O–H groups in total. The minimum Gasteiger partial charge on any atom is -0.462 e. The number of allylic oxidation sites excluding steroid dienone is 20. The first-order chi connectivity index (χ1) is 36.0. The maximum Gasteiger partial charge on any atom is 0.306 e. The second-order valence-electron chi connectivity index (χ2n) is 19.5. The Hall–Kier alpha value is -4.19. The minimum absolute atomic E-state index is 0.0890. The molecular weight excluding hydrogens is 901 g/mol. The fourth-order valence-corrected chi connectivity index (χ4v) is 8.03. The average molecular weight is 1010 g/mol. The largest absolute Gasteiger partial charge is 0.462 e. The molecule has 0 aliphatic rings. The zero-order valence-electron chi connectivity index (χ0n) is 47.4. The molecule has 0 aliphatic heterocycles. The standard InChI is InChI=1S/C67H110O6/c1-4-7-10-13-16-19-21-23-25-27-29-31-33-35-37-39-41-43-45-48-51-54-57-60-66(69)72-63-64(62-71-65(68)59-56-53-50-47-18-15-12-9-6-3)73-67(70)61-58-55-52-49-46-44-42-40-38-36-34-32-30-28-26-24-22-20-17-14-11-8-5-2/h7-8,10-11,16-17,19-20,23-26,29-32,35,37,41,43,64H,4-6,9,12-15,18,21-22,27-28,33-34,36,38-40,42,44-63H2,1-3H3/b10-7-,11-8-,19-16-,20-17-,25-23-,26-24-,31-29-,32-30-,37-35-,43-41-. The zero-order chi connectivity index (χ0) is 52.9. The Bertz CT molecular complexity index is 1540. The average Bonchev–Trinajstić information content (AvgIpc) is 3.39. The van der Waals surface area contributed by atoms with E-state index < -0.39 is 6.10 Å². The van der Waals surface area contributed by atoms with Crippen molar-refractivity contribution in [3.8, 4) is 0 Å². The second-order valence-corrected chi connectivity index (χ2v) is 19.5. The van der Waals surface area contributed by atoms with Crippen LogP contribution in [0.15, 0.2) is 122 Å². The molecule has 73 heavy (non-hydrogen) atoms. The van der Waals surface area contributed by atoms with Crippen LogP contribution in [0.4, 0.5) is 0 Å². The van der Waals surface area contributed by atoms with Gasteiger partial charge >= 0.3 is 17.9 Å². The third-order valence-electron chi connectivity index (χ3n) is 12.5. The molecule has 0 saturated carbocycles. The summed E-state index contributed by atoms with van der Waals surface area (Å²) in [4.78, 5) is 38.1. The monoisotopic (exact) mass is 1010 g/mol. The topological polar surface area (TPSA) is 78.9 Å². The molecule has 0 rings (SSSR count). The highest BCUT2D eigenvalue weighted by molar-refractivity contribution is 5.71. The van der Waals surface area contributed by atoms with E-state index in [4.69, 9.17) is 14.2 Å². The van der Waals surface area contributed by atoms with Gasteiger partial charge in [-0.15, -0.1) is 0 Å². The number of esters is 3. The van der Waals surface area contributed by atoms with Crippen LogP contribution in [-0.4, -0.2) is 37.2 Å². The molecule has 0 aromatic heterocycles. The molecular formula is C67H110O6. The Balaban J connectivity index is 4.33. The molecule has 0 aromatic rings. The second kappa shape index (κ2) is 60.4. The molecule has 414 valence electrons. The van der Waals surface area contributed by atoms with Crippen LogP contribution >= 0.6 is 0 Å². The zero-order valence-corrected chi connectivity index (χ0v) is 47.4. The van der Waals surface area contributed by atoms with Gasteiger partial charge in [0, 0.05) is 19.3 Å². The number of carbonyl (C=O) groups excluding carboxylic acids is 3. The van der Waals surface area contributed by atoms with E-state index in [2.05, 4.69) is 142 Å². The predicted molar refractivity (Wildman–Crippen MR) is 316 cm³/mol. The Labute approximate surface area is 450 Å². The van der Waals surface area contributed by atoms with Gasteiger partial charge in [-0.2, -0.15) is 0 Å². The minimum atomic E-state index is -0.793. The number of carbonyl (C=O) groups is 3. The van der Waals surface area contributed by atoms with Gasteiger partial charge in [0.1, 0.15) is 13.2 Å². The summed E-state index contributed by atoms with van der Waals surface area (Å²) in [5.41, 5.74) is 0. The summed E-state index contributed by atoms with van der Waals surface area (Å²) in [5, 5.41) is 0. The third-order valence-corrected chi connectivity index (χ3v) is 12.5. The number of rotatable bonds is 53. The molecule has 0 aromatic carbocycles. The van der Waals surface area contributed by atoms with Crippen LogP contribution in [-0.2, 0) is 28.6 Å². The van der Waals surface area contributed by atoms with Gasteiger partial charge < -0.3 is 14.2 Å². The lowest BCUT2D eigenvalue weighted by molar-refractivity contribution is -0.167. The van der Waals surface area contributed by atoms with Gasteiger partial charge in [-0.25, -0.2) is 0 Å². The van der Waals surface area contributed by atoms with Crippen molar-refractivity contribution < 1.29 is 28.6 Å². The van der Waals surface area contributed by atoms with E-state index >= 15 is 0 Å². The van der Waals surface area contributed by atoms with Crippen LogP contribution in [0.2, 0.25) is 0 Å². The highest BCUT2D eigenvalue weighted by Crippen LogP contribution is 2.15. The quantitative estimate of drug-likeness (QED) is 0.0261. The van der Waals surface area contributed by atoms with Crippen molar-refractivity contribution in [2.45, 2.75) is 271 Å². The fraction of sp³-hybridized carbons (Fsp3) is 0.657. The molecule has 0 heterocycles. The highest BCUT2D eigenvalue weighted by Gasteiger charge is 2.19. The molecule has 6 heteroatoms. The lowest BCUT2D eigenvalue weighted by Crippen LogP contribution is -2.30. The van der Waals surface area contributed by atoms with Crippen molar-refractivity contribution in [2.75, 3.05) is 13.2 Å². The summed E-state index contributed by atoms with van der Waals surface area (Å²) in [6.07, 6.45) is 83.4. The van der Waals surface area contributed by atoms with Crippen molar-refractivity contribution in [1.29, 1.82) is 0 Å². The first-order valence-corrected chi connectivity index (χ1v) is 30.0. The molecule has 0 radical (unpaired) electrons. The molecule has 1 atom stereocenters. The van der Waals surface area contributed by atoms with Crippen molar-refractivity contribution in [3.63, 3.8) is 0 Å². The molecule has 0 bridgehead atoms. The highest BCUT2D eigenvalue weighted by atomic mass is 16.6. The van der Waals surface area contributed by atoms with Gasteiger partial charge in [0.15, 0.2) is 6.10 Å². The first-order valence-electron chi connectivity index (χ1n) is 30.0. The number of hydrogen-bond donors (Lipinski definition) is 0. The summed E-state index contributed by atoms with van der Waals surface area (Å²) in [5.74, 6) is -0.921. The van der Waals surface area contributed by atoms with E-state index in [-0.39, 0.29) is 31.1 Å². The van der Waals surface area contributed by atoms with Gasteiger partial charge in [-0.3, -0.25) is 14.4 Å². The van der Waals surface area contributed by atoms with Crippen molar-refractivity contribution >= 4 is 17.9 Å². The molecule has 0 saturated heterocycles. The lowest BCUT2D eigenvalue weighted by atomic mass is 10.0. The summed E-state index contributed by atoms with van der Waals surface area (Å²) in [6.45, 7) is 6.37. The van der Waals surface area contributed by atoms with Gasteiger partial charge in [-0.1, -0.05) is 258 Å². The van der Waals surface area contributed by atoms with Gasteiger partial charge in [0.05, 0.1) is 0 Å². The first kappa shape index (κ1) is 68.8. The fourth-order valence-electron chi connectivity index (χ4n) is 8.03. The molecule has 0 aliphatic carbocycles. The van der Waals surface area contributed by atoms with E-state index in [1.165, 1.54) is 89.9 Å². The van der Waals surface area contributed by atoms with Crippen LogP contribution in [0.3, 0.4) is 0 Å². The van der Waals surface area contributed by atoms with Crippen LogP contribution in [0, 0.1) is 0 Å². The Morgan fingerprint density at radius 1 is 0.288 bits per heavy atom. The SMILES string of the molecule is CC/C=C\C/C=C\C/C=C\C/C=C\C/C=C\C/C=C\CCCCCCC(=O)OCC(COC(=O)CCCCCCCCCCC)OC(=O)CCCCCCCCCCCC/C=C\C/C=C\C/C=C\C/C=C\CC. The summed E-state index contributed by atoms with van der Waals surface area (Å²) in [7, 11) is 0. The van der Waals surface area contributed by atoms with E-state index in [0.717, 1.165) is 135 Å². The van der Waals surface area contributed by atoms with Crippen molar-refractivity contribution in [2.24, 2.45) is 0 Å². The Kier molecular flexibility index (Phi) is 56.9. The summed E-state index contributed by atoms with van der Waals surface area (Å²) in [6, 6.07) is 0. The summed E-state index contributed by atoms with van der Waals surface area (Å²) >= 11 is 0. The molecule has 0 fully saturated rings. The molecule has 1 unspecified atom stereocenters. The third kappa shape index (κ3) is 58.6. The van der Waals surface area contributed by atoms with Gasteiger partial charge in [0.25, 0.3) is 0 Å². The van der Waals surface area contributed by atoms with Crippen molar-refractivity contribution in [1.82, 2.24) is 0 Å². The summed E-state index contributed by atoms with van der Waals surface area (Å²) < 4.78 is 16.8. The smallest absolute Gasteiger partial charge is 0.306 e. The normalized spacial score (nSPS) is 13.0. The predicted octanol–water partition coefficient (Wildman–Crippen LogP) is 20.4. The Morgan fingerprint density at radius 2 is 0.534 bits per heavy atom. The van der Waals surface area contributed by atoms with E-state index in [1.807, 2.05) is 0 Å². The lowest BCUT2D eigenvalue weighted by Gasteiger charge is -2.18. The van der Waals surface area contributed by atoms with E-state index in [9.17, 15) is 14.4 Å². The molecule has 0 amide bonds. The maximum absolute atomic E-state index is 12.9. The van der Waals surface area contributed by atoms with Crippen LogP contribution in [0.25, 0.3) is 0 Å². The van der Waals surface area contributed by atoms with Crippen molar-refractivity contribution in [3.05, 3.63) is 122 Å². The number of ether oxygens (including phenoxy) is 3. The van der Waals surface area contributed by atoms with E-state index in [0.29, 0.717) is 19.3 Å².